The average Bonchev–Trinajstić information content (AvgIpc) is 2.66. The van der Waals surface area contributed by atoms with Gasteiger partial charge < -0.3 is 4.74 Å². The molecule has 0 fully saturated rings. The lowest BCUT2D eigenvalue weighted by molar-refractivity contribution is 0.410. The second-order valence-corrected chi connectivity index (χ2v) is 7.62. The average molecular weight is 389 g/mol. The van der Waals surface area contributed by atoms with Crippen LogP contribution in [0, 0.1) is 11.6 Å². The van der Waals surface area contributed by atoms with Gasteiger partial charge in [0.2, 0.25) is 0 Å². The molecule has 0 saturated carbocycles. The fourth-order valence-corrected chi connectivity index (χ4v) is 4.10. The molecule has 3 aromatic carbocycles. The van der Waals surface area contributed by atoms with E-state index in [1.807, 2.05) is 0 Å². The van der Waals surface area contributed by atoms with Crippen LogP contribution in [0.25, 0.3) is 0 Å². The van der Waals surface area contributed by atoms with Gasteiger partial charge in [0.25, 0.3) is 10.0 Å². The molecule has 0 aliphatic heterocycles. The van der Waals surface area contributed by atoms with Gasteiger partial charge in [-0.1, -0.05) is 24.3 Å². The molecule has 27 heavy (non-hydrogen) atoms. The van der Waals surface area contributed by atoms with E-state index in [0.717, 1.165) is 22.5 Å². The van der Waals surface area contributed by atoms with Gasteiger partial charge in [-0.2, -0.15) is 0 Å². The van der Waals surface area contributed by atoms with Crippen molar-refractivity contribution >= 4 is 15.7 Å². The van der Waals surface area contributed by atoms with Crippen molar-refractivity contribution in [2.45, 2.75) is 11.4 Å². The maximum Gasteiger partial charge on any atom is 0.264 e. The summed E-state index contributed by atoms with van der Waals surface area (Å²) < 4.78 is 59.7. The van der Waals surface area contributed by atoms with Crippen molar-refractivity contribution in [1.82, 2.24) is 0 Å². The number of ether oxygens (including phenoxy) is 1. The molecule has 0 spiro atoms. The maximum atomic E-state index is 13.8. The van der Waals surface area contributed by atoms with E-state index >= 15 is 0 Å². The maximum absolute atomic E-state index is 13.8. The quantitative estimate of drug-likeness (QED) is 0.629. The minimum absolute atomic E-state index is 0.0762. The van der Waals surface area contributed by atoms with Gasteiger partial charge in [-0.15, -0.1) is 0 Å². The van der Waals surface area contributed by atoms with Crippen LogP contribution in [0.1, 0.15) is 5.56 Å². The zero-order valence-electron chi connectivity index (χ0n) is 14.5. The summed E-state index contributed by atoms with van der Waals surface area (Å²) in [6.45, 7) is -0.0762. The van der Waals surface area contributed by atoms with E-state index in [1.165, 1.54) is 37.4 Å². The van der Waals surface area contributed by atoms with Crippen LogP contribution in [-0.4, -0.2) is 15.5 Å². The monoisotopic (exact) mass is 389 g/mol. The van der Waals surface area contributed by atoms with Crippen LogP contribution in [0.5, 0.6) is 5.75 Å². The molecule has 140 valence electrons. The first-order chi connectivity index (χ1) is 12.9. The molecule has 0 heterocycles. The number of halogens is 2. The molecule has 0 radical (unpaired) electrons. The van der Waals surface area contributed by atoms with Crippen LogP contribution < -0.4 is 9.04 Å². The molecule has 4 nitrogen and oxygen atoms in total. The minimum Gasteiger partial charge on any atom is -0.496 e. The molecular formula is C20H17F2NO3S. The van der Waals surface area contributed by atoms with Gasteiger partial charge in [0.05, 0.1) is 24.2 Å². The molecule has 3 aromatic rings. The van der Waals surface area contributed by atoms with E-state index in [-0.39, 0.29) is 17.1 Å². The van der Waals surface area contributed by atoms with Gasteiger partial charge in [-0.25, -0.2) is 17.2 Å². The number of sulfonamides is 1. The highest BCUT2D eigenvalue weighted by atomic mass is 32.2. The van der Waals surface area contributed by atoms with Crippen LogP contribution in [0.2, 0.25) is 0 Å². The number of methoxy groups -OCH3 is 1. The third kappa shape index (κ3) is 4.09. The molecule has 0 saturated heterocycles. The smallest absolute Gasteiger partial charge is 0.264 e. The highest BCUT2D eigenvalue weighted by Gasteiger charge is 2.26. The number of para-hydroxylation sites is 1. The van der Waals surface area contributed by atoms with Crippen LogP contribution in [0.15, 0.2) is 77.7 Å². The molecule has 0 aliphatic carbocycles. The molecule has 0 N–H and O–H groups in total. The molecule has 0 aromatic heterocycles. The molecule has 0 unspecified atom stereocenters. The predicted octanol–water partition coefficient (Wildman–Crippen LogP) is 4.37. The van der Waals surface area contributed by atoms with Crippen LogP contribution >= 0.6 is 0 Å². The van der Waals surface area contributed by atoms with Crippen molar-refractivity contribution in [1.29, 1.82) is 0 Å². The Labute approximate surface area is 156 Å². The number of rotatable bonds is 6. The Balaban J connectivity index is 2.11. The standard InChI is InChI=1S/C20H17F2NO3S/c1-26-20-8-3-2-5-15(20)14-23(18-7-4-6-17(22)13-18)27(24,25)19-11-9-16(21)10-12-19/h2-13H,14H2,1H3. The second kappa shape index (κ2) is 7.75. The van der Waals surface area contributed by atoms with Crippen molar-refractivity contribution in [3.8, 4) is 5.75 Å². The fourth-order valence-electron chi connectivity index (χ4n) is 2.67. The normalized spacial score (nSPS) is 11.2. The zero-order valence-corrected chi connectivity index (χ0v) is 15.3. The molecule has 7 heteroatoms. The molecular weight excluding hydrogens is 372 g/mol. The van der Waals surface area contributed by atoms with Gasteiger partial charge in [0, 0.05) is 5.56 Å². The lowest BCUT2D eigenvalue weighted by Crippen LogP contribution is -2.30. The Hall–Kier alpha value is -2.93. The Morgan fingerprint density at radius 3 is 2.26 bits per heavy atom. The minimum atomic E-state index is -4.07. The Kier molecular flexibility index (Phi) is 5.41. The van der Waals surface area contributed by atoms with Crippen molar-refractivity contribution in [2.75, 3.05) is 11.4 Å². The van der Waals surface area contributed by atoms with Crippen LogP contribution in [0.4, 0.5) is 14.5 Å². The summed E-state index contributed by atoms with van der Waals surface area (Å²) in [5, 5.41) is 0. The van der Waals surface area contributed by atoms with Gasteiger partial charge in [0.15, 0.2) is 0 Å². The largest absolute Gasteiger partial charge is 0.496 e. The van der Waals surface area contributed by atoms with E-state index in [1.54, 1.807) is 24.3 Å². The third-order valence-corrected chi connectivity index (χ3v) is 5.79. The van der Waals surface area contributed by atoms with Gasteiger partial charge in [-0.3, -0.25) is 4.31 Å². The Morgan fingerprint density at radius 1 is 0.889 bits per heavy atom. The molecule has 0 amide bonds. The lowest BCUT2D eigenvalue weighted by Gasteiger charge is -2.25. The molecule has 0 aliphatic rings. The van der Waals surface area contributed by atoms with E-state index < -0.39 is 21.7 Å². The highest BCUT2D eigenvalue weighted by Crippen LogP contribution is 2.29. The summed E-state index contributed by atoms with van der Waals surface area (Å²) in [4.78, 5) is -0.0944. The van der Waals surface area contributed by atoms with E-state index in [4.69, 9.17) is 4.74 Å². The summed E-state index contributed by atoms with van der Waals surface area (Å²) in [6, 6.07) is 16.8. The van der Waals surface area contributed by atoms with Gasteiger partial charge in [0.1, 0.15) is 17.4 Å². The SMILES string of the molecule is COc1ccccc1CN(c1cccc(F)c1)S(=O)(=O)c1ccc(F)cc1. The van der Waals surface area contributed by atoms with Crippen LogP contribution in [0.3, 0.4) is 0 Å². The topological polar surface area (TPSA) is 46.6 Å². The van der Waals surface area contributed by atoms with E-state index in [0.29, 0.717) is 11.3 Å². The predicted molar refractivity (Wildman–Crippen MR) is 99.2 cm³/mol. The van der Waals surface area contributed by atoms with E-state index in [9.17, 15) is 17.2 Å². The second-order valence-electron chi connectivity index (χ2n) is 5.76. The van der Waals surface area contributed by atoms with Crippen molar-refractivity contribution in [3.05, 3.63) is 90.0 Å². The third-order valence-electron chi connectivity index (χ3n) is 4.00. The highest BCUT2D eigenvalue weighted by molar-refractivity contribution is 7.92. The van der Waals surface area contributed by atoms with Crippen LogP contribution in [-0.2, 0) is 16.6 Å². The first-order valence-corrected chi connectivity index (χ1v) is 9.51. The number of hydrogen-bond acceptors (Lipinski definition) is 3. The number of anilines is 1. The van der Waals surface area contributed by atoms with E-state index in [2.05, 4.69) is 0 Å². The number of nitrogens with zero attached hydrogens (tertiary/aromatic N) is 1. The summed E-state index contributed by atoms with van der Waals surface area (Å²) in [5.74, 6) is -0.601. The Morgan fingerprint density at radius 2 is 1.59 bits per heavy atom. The summed E-state index contributed by atoms with van der Waals surface area (Å²) in [7, 11) is -2.58. The van der Waals surface area contributed by atoms with Crippen molar-refractivity contribution in [2.24, 2.45) is 0 Å². The molecule has 0 bridgehead atoms. The first-order valence-electron chi connectivity index (χ1n) is 8.07. The first kappa shape index (κ1) is 18.8. The van der Waals surface area contributed by atoms with Gasteiger partial charge in [-0.05, 0) is 48.5 Å². The summed E-state index contributed by atoms with van der Waals surface area (Å²) >= 11 is 0. The fraction of sp³-hybridized carbons (Fsp3) is 0.100. The number of benzene rings is 3. The van der Waals surface area contributed by atoms with Gasteiger partial charge >= 0.3 is 0 Å². The molecule has 3 rings (SSSR count). The molecule has 0 atom stereocenters. The summed E-state index contributed by atoms with van der Waals surface area (Å²) in [6.07, 6.45) is 0. The summed E-state index contributed by atoms with van der Waals surface area (Å²) in [5.41, 5.74) is 0.764. The van der Waals surface area contributed by atoms with Crippen molar-refractivity contribution < 1.29 is 21.9 Å². The Bertz CT molecular complexity index is 1040. The van der Waals surface area contributed by atoms with Crippen molar-refractivity contribution in [3.63, 3.8) is 0 Å². The number of hydrogen-bond donors (Lipinski definition) is 0. The zero-order chi connectivity index (χ0) is 19.4. The lowest BCUT2D eigenvalue weighted by atomic mass is 10.2.